The first-order valence-corrected chi connectivity index (χ1v) is 5.54. The van der Waals surface area contributed by atoms with E-state index in [2.05, 4.69) is 20.8 Å². The lowest BCUT2D eigenvalue weighted by atomic mass is 10.1. The molecule has 0 N–H and O–H groups in total. The van der Waals surface area contributed by atoms with Crippen molar-refractivity contribution in [2.45, 2.75) is 34.1 Å². The van der Waals surface area contributed by atoms with Gasteiger partial charge in [-0.15, -0.1) is 0 Å². The highest BCUT2D eigenvalue weighted by atomic mass is 32.2. The molecule has 0 heterocycles. The van der Waals surface area contributed by atoms with E-state index >= 15 is 0 Å². The first-order chi connectivity index (χ1) is 5.07. The minimum absolute atomic E-state index is 0.598. The fourth-order valence-electron chi connectivity index (χ4n) is 0.661. The summed E-state index contributed by atoms with van der Waals surface area (Å²) in [6.07, 6.45) is 0.989. The van der Waals surface area contributed by atoms with Crippen LogP contribution in [-0.2, 0) is 10.8 Å². The Balaban J connectivity index is 3.72. The second kappa shape index (κ2) is 5.53. The fraction of sp³-hybridized carbons (Fsp3) is 0.778. The van der Waals surface area contributed by atoms with Gasteiger partial charge < -0.3 is 0 Å². The quantitative estimate of drug-likeness (QED) is 0.598. The highest BCUT2D eigenvalue weighted by Gasteiger charge is 1.97. The largest absolute Gasteiger partial charge is 0.260 e. The SMILES string of the molecule is CCS(=O)CCC(C)=C(C)C. The van der Waals surface area contributed by atoms with E-state index in [0.717, 1.165) is 17.9 Å². The molecule has 0 aliphatic rings. The van der Waals surface area contributed by atoms with E-state index in [1.54, 1.807) is 0 Å². The minimum Gasteiger partial charge on any atom is -0.260 e. The van der Waals surface area contributed by atoms with E-state index in [1.807, 2.05) is 6.92 Å². The Labute approximate surface area is 72.3 Å². The van der Waals surface area contributed by atoms with Gasteiger partial charge >= 0.3 is 0 Å². The van der Waals surface area contributed by atoms with E-state index in [-0.39, 0.29) is 0 Å². The molecule has 0 saturated carbocycles. The van der Waals surface area contributed by atoms with Crippen molar-refractivity contribution in [2.75, 3.05) is 11.5 Å². The first kappa shape index (κ1) is 10.9. The lowest BCUT2D eigenvalue weighted by molar-refractivity contribution is 0.683. The van der Waals surface area contributed by atoms with Crippen molar-refractivity contribution in [3.63, 3.8) is 0 Å². The van der Waals surface area contributed by atoms with Crippen LogP contribution in [0.4, 0.5) is 0 Å². The third-order valence-electron chi connectivity index (χ3n) is 1.88. The van der Waals surface area contributed by atoms with Gasteiger partial charge in [-0.05, 0) is 27.2 Å². The predicted molar refractivity (Wildman–Crippen MR) is 52.2 cm³/mol. The van der Waals surface area contributed by atoms with Crippen LogP contribution in [0.5, 0.6) is 0 Å². The summed E-state index contributed by atoms with van der Waals surface area (Å²) in [5, 5.41) is 0. The average molecular weight is 174 g/mol. The molecule has 1 nitrogen and oxygen atoms in total. The molecular formula is C9H18OS. The normalized spacial score (nSPS) is 12.7. The molecule has 0 fully saturated rings. The number of rotatable bonds is 4. The Morgan fingerprint density at radius 2 is 1.82 bits per heavy atom. The van der Waals surface area contributed by atoms with Crippen LogP contribution >= 0.6 is 0 Å². The van der Waals surface area contributed by atoms with Crippen LogP contribution in [0, 0.1) is 0 Å². The van der Waals surface area contributed by atoms with Crippen molar-refractivity contribution in [1.82, 2.24) is 0 Å². The molecule has 0 bridgehead atoms. The first-order valence-electron chi connectivity index (χ1n) is 4.05. The molecule has 0 aromatic rings. The lowest BCUT2D eigenvalue weighted by Gasteiger charge is -2.02. The van der Waals surface area contributed by atoms with Crippen LogP contribution < -0.4 is 0 Å². The Bertz CT molecular complexity index is 166. The smallest absolute Gasteiger partial charge is 0.0271 e. The van der Waals surface area contributed by atoms with Gasteiger partial charge in [-0.25, -0.2) is 0 Å². The lowest BCUT2D eigenvalue weighted by Crippen LogP contribution is -2.00. The van der Waals surface area contributed by atoms with Crippen LogP contribution in [-0.4, -0.2) is 15.7 Å². The van der Waals surface area contributed by atoms with Crippen LogP contribution in [0.25, 0.3) is 0 Å². The van der Waals surface area contributed by atoms with Crippen molar-refractivity contribution >= 4 is 10.8 Å². The van der Waals surface area contributed by atoms with Crippen molar-refractivity contribution in [3.05, 3.63) is 11.1 Å². The predicted octanol–water partition coefficient (Wildman–Crippen LogP) is 2.50. The third-order valence-corrected chi connectivity index (χ3v) is 3.18. The molecule has 0 rings (SSSR count). The number of hydrogen-bond donors (Lipinski definition) is 0. The van der Waals surface area contributed by atoms with Crippen molar-refractivity contribution in [1.29, 1.82) is 0 Å². The molecule has 0 aromatic carbocycles. The standard InChI is InChI=1S/C9H18OS/c1-5-11(10)7-6-9(4)8(2)3/h5-7H2,1-4H3. The molecule has 0 spiro atoms. The van der Waals surface area contributed by atoms with Gasteiger partial charge in [0.05, 0.1) is 0 Å². The van der Waals surface area contributed by atoms with E-state index < -0.39 is 10.8 Å². The zero-order valence-corrected chi connectivity index (χ0v) is 8.75. The van der Waals surface area contributed by atoms with Crippen molar-refractivity contribution in [2.24, 2.45) is 0 Å². The van der Waals surface area contributed by atoms with Gasteiger partial charge in [0.25, 0.3) is 0 Å². The van der Waals surface area contributed by atoms with Crippen LogP contribution in [0.3, 0.4) is 0 Å². The van der Waals surface area contributed by atoms with Crippen LogP contribution in [0.1, 0.15) is 34.1 Å². The van der Waals surface area contributed by atoms with E-state index in [9.17, 15) is 4.21 Å². The monoisotopic (exact) mass is 174 g/mol. The molecule has 2 heteroatoms. The maximum absolute atomic E-state index is 11.0. The Morgan fingerprint density at radius 1 is 1.27 bits per heavy atom. The summed E-state index contributed by atoms with van der Waals surface area (Å²) in [5.74, 6) is 1.61. The number of allylic oxidation sites excluding steroid dienone is 2. The molecule has 0 aliphatic carbocycles. The van der Waals surface area contributed by atoms with Gasteiger partial charge in [0.2, 0.25) is 0 Å². The Hall–Kier alpha value is -0.110. The van der Waals surface area contributed by atoms with Gasteiger partial charge in [-0.2, -0.15) is 0 Å². The van der Waals surface area contributed by atoms with Crippen LogP contribution in [0.2, 0.25) is 0 Å². The van der Waals surface area contributed by atoms with Gasteiger partial charge in [-0.1, -0.05) is 18.1 Å². The molecule has 0 saturated heterocycles. The fourth-order valence-corrected chi connectivity index (χ4v) is 1.48. The Morgan fingerprint density at radius 3 is 2.18 bits per heavy atom. The highest BCUT2D eigenvalue weighted by molar-refractivity contribution is 7.84. The summed E-state index contributed by atoms with van der Waals surface area (Å²) in [6.45, 7) is 8.28. The molecule has 0 aliphatic heterocycles. The van der Waals surface area contributed by atoms with Gasteiger partial charge in [0, 0.05) is 22.3 Å². The molecule has 1 unspecified atom stereocenters. The van der Waals surface area contributed by atoms with E-state index in [1.165, 1.54) is 11.1 Å². The number of hydrogen-bond acceptors (Lipinski definition) is 1. The second-order valence-electron chi connectivity index (χ2n) is 2.96. The molecule has 0 aromatic heterocycles. The van der Waals surface area contributed by atoms with Gasteiger partial charge in [-0.3, -0.25) is 4.21 Å². The molecule has 0 amide bonds. The van der Waals surface area contributed by atoms with Crippen molar-refractivity contribution < 1.29 is 4.21 Å². The van der Waals surface area contributed by atoms with Crippen molar-refractivity contribution in [3.8, 4) is 0 Å². The summed E-state index contributed by atoms with van der Waals surface area (Å²) in [5.41, 5.74) is 2.74. The molecule has 0 radical (unpaired) electrons. The van der Waals surface area contributed by atoms with E-state index in [0.29, 0.717) is 0 Å². The summed E-state index contributed by atoms with van der Waals surface area (Å²) in [4.78, 5) is 0. The summed E-state index contributed by atoms with van der Waals surface area (Å²) in [7, 11) is -0.598. The minimum atomic E-state index is -0.598. The van der Waals surface area contributed by atoms with Gasteiger partial charge in [0.1, 0.15) is 0 Å². The average Bonchev–Trinajstić information content (AvgIpc) is 1.99. The zero-order chi connectivity index (χ0) is 8.85. The maximum atomic E-state index is 11.0. The topological polar surface area (TPSA) is 17.1 Å². The summed E-state index contributed by atoms with van der Waals surface area (Å²) < 4.78 is 11.0. The summed E-state index contributed by atoms with van der Waals surface area (Å²) >= 11 is 0. The second-order valence-corrected chi connectivity index (χ2v) is 4.83. The third kappa shape index (κ3) is 5.19. The van der Waals surface area contributed by atoms with Gasteiger partial charge in [0.15, 0.2) is 0 Å². The van der Waals surface area contributed by atoms with Crippen LogP contribution in [0.15, 0.2) is 11.1 Å². The highest BCUT2D eigenvalue weighted by Crippen LogP contribution is 2.07. The molecule has 1 atom stereocenters. The van der Waals surface area contributed by atoms with E-state index in [4.69, 9.17) is 0 Å². The summed E-state index contributed by atoms with van der Waals surface area (Å²) in [6, 6.07) is 0. The Kier molecular flexibility index (Phi) is 5.47. The molecule has 66 valence electrons. The molecule has 11 heavy (non-hydrogen) atoms. The zero-order valence-electron chi connectivity index (χ0n) is 7.94. The maximum Gasteiger partial charge on any atom is 0.0271 e. The molecular weight excluding hydrogens is 156 g/mol.